The Bertz CT molecular complexity index is 798. The topological polar surface area (TPSA) is 25.8 Å². The molecule has 0 N–H and O–H groups in total. The summed E-state index contributed by atoms with van der Waals surface area (Å²) < 4.78 is 0. The van der Waals surface area contributed by atoms with Crippen LogP contribution in [0.4, 0.5) is 0 Å². The molecule has 0 fully saturated rings. The molecule has 3 aromatic rings. The van der Waals surface area contributed by atoms with Gasteiger partial charge in [0.15, 0.2) is 0 Å². The Hall–Kier alpha value is -1.96. The van der Waals surface area contributed by atoms with E-state index in [0.717, 1.165) is 28.5 Å². The van der Waals surface area contributed by atoms with Gasteiger partial charge in [-0.25, -0.2) is 9.97 Å². The van der Waals surface area contributed by atoms with Crippen LogP contribution in [-0.4, -0.2) is 9.97 Å². The van der Waals surface area contributed by atoms with Crippen LogP contribution in [0.5, 0.6) is 0 Å². The van der Waals surface area contributed by atoms with Gasteiger partial charge in [0.05, 0.1) is 22.1 Å². The number of aromatic nitrogens is 2. The highest BCUT2D eigenvalue weighted by Crippen LogP contribution is 2.30. The number of hydrogen-bond donors (Lipinski definition) is 0. The van der Waals surface area contributed by atoms with Crippen molar-refractivity contribution in [3.63, 3.8) is 0 Å². The molecule has 0 radical (unpaired) electrons. The smallest absolute Gasteiger partial charge is 0.0897 e. The highest BCUT2D eigenvalue weighted by atomic mass is 14.8. The number of fused-ring (bicyclic) bond motifs is 2. The Morgan fingerprint density at radius 2 is 1.26 bits per heavy atom. The van der Waals surface area contributed by atoms with E-state index in [4.69, 9.17) is 9.97 Å². The van der Waals surface area contributed by atoms with Crippen molar-refractivity contribution >= 4 is 22.1 Å². The number of aryl methyl sites for hydroxylation is 1. The molecule has 0 aliphatic carbocycles. The number of benzene rings is 2. The summed E-state index contributed by atoms with van der Waals surface area (Å²) >= 11 is 0. The summed E-state index contributed by atoms with van der Waals surface area (Å²) in [4.78, 5) is 9.51. The van der Waals surface area contributed by atoms with E-state index in [9.17, 15) is 0 Å². The van der Waals surface area contributed by atoms with Crippen molar-refractivity contribution in [2.75, 3.05) is 0 Å². The fraction of sp³-hybridized carbons (Fsp3) is 0.429. The lowest BCUT2D eigenvalue weighted by atomic mass is 9.82. The van der Waals surface area contributed by atoms with Gasteiger partial charge in [-0.1, -0.05) is 60.1 Å². The van der Waals surface area contributed by atoms with Gasteiger partial charge in [0.1, 0.15) is 0 Å². The van der Waals surface area contributed by atoms with Crippen LogP contribution in [0.3, 0.4) is 0 Å². The van der Waals surface area contributed by atoms with E-state index in [0.29, 0.717) is 0 Å². The summed E-state index contributed by atoms with van der Waals surface area (Å²) in [6.07, 6.45) is 2.27. The molecule has 2 heteroatoms. The first kappa shape index (κ1) is 17.4. The molecule has 2 aromatic carbocycles. The molecular weight excluding hydrogens is 280 g/mol. The van der Waals surface area contributed by atoms with Gasteiger partial charge < -0.3 is 0 Å². The summed E-state index contributed by atoms with van der Waals surface area (Å²) in [5, 5.41) is 0. The fourth-order valence-electron chi connectivity index (χ4n) is 2.70. The summed E-state index contributed by atoms with van der Waals surface area (Å²) in [6.45, 7) is 13.2. The van der Waals surface area contributed by atoms with E-state index in [1.807, 2.05) is 24.3 Å². The number of hydrogen-bond acceptors (Lipinski definition) is 2. The first-order chi connectivity index (χ1) is 10.9. The van der Waals surface area contributed by atoms with Gasteiger partial charge in [-0.15, -0.1) is 0 Å². The monoisotopic (exact) mass is 308 g/mol. The van der Waals surface area contributed by atoms with E-state index >= 15 is 0 Å². The van der Waals surface area contributed by atoms with E-state index in [2.05, 4.69) is 53.7 Å². The Morgan fingerprint density at radius 3 is 1.70 bits per heavy atom. The first-order valence-electron chi connectivity index (χ1n) is 8.60. The van der Waals surface area contributed by atoms with Gasteiger partial charge in [-0.3, -0.25) is 0 Å². The van der Waals surface area contributed by atoms with Crippen LogP contribution in [0.1, 0.15) is 59.1 Å². The number of nitrogens with zero attached hydrogens (tertiary/aromatic N) is 2. The third-order valence-electron chi connectivity index (χ3n) is 3.75. The average Bonchev–Trinajstić information content (AvgIpc) is 2.51. The normalized spacial score (nSPS) is 11.4. The van der Waals surface area contributed by atoms with Crippen molar-refractivity contribution in [3.05, 3.63) is 47.5 Å². The van der Waals surface area contributed by atoms with Gasteiger partial charge in [0.2, 0.25) is 0 Å². The Kier molecular flexibility index (Phi) is 5.35. The molecule has 0 aliphatic rings. The molecule has 122 valence electrons. The summed E-state index contributed by atoms with van der Waals surface area (Å²) in [6, 6.07) is 12.5. The van der Waals surface area contributed by atoms with Crippen molar-refractivity contribution in [2.45, 2.75) is 59.8 Å². The summed E-state index contributed by atoms with van der Waals surface area (Å²) in [5.74, 6) is 0. The lowest BCUT2D eigenvalue weighted by Crippen LogP contribution is -2.14. The predicted molar refractivity (Wildman–Crippen MR) is 101 cm³/mol. The molecule has 0 saturated carbocycles. The van der Waals surface area contributed by atoms with Crippen LogP contribution >= 0.6 is 0 Å². The highest BCUT2D eigenvalue weighted by molar-refractivity contribution is 5.87. The zero-order chi connectivity index (χ0) is 17.0. The summed E-state index contributed by atoms with van der Waals surface area (Å²) in [7, 11) is 0. The maximum Gasteiger partial charge on any atom is 0.0897 e. The minimum Gasteiger partial charge on any atom is -0.244 e. The number of rotatable bonds is 1. The summed E-state index contributed by atoms with van der Waals surface area (Å²) in [5.41, 5.74) is 6.79. The van der Waals surface area contributed by atoms with E-state index in [1.165, 1.54) is 17.5 Å². The average molecular weight is 308 g/mol. The molecule has 0 bridgehead atoms. The minimum atomic E-state index is 0.132. The molecule has 0 saturated heterocycles. The van der Waals surface area contributed by atoms with Gasteiger partial charge in [0, 0.05) is 0 Å². The second-order valence-electron chi connectivity index (χ2n) is 7.02. The number of para-hydroxylation sites is 2. The van der Waals surface area contributed by atoms with E-state index in [1.54, 1.807) is 0 Å². The van der Waals surface area contributed by atoms with Crippen LogP contribution < -0.4 is 0 Å². The van der Waals surface area contributed by atoms with Gasteiger partial charge in [0.25, 0.3) is 0 Å². The van der Waals surface area contributed by atoms with Gasteiger partial charge in [-0.2, -0.15) is 0 Å². The third-order valence-corrected chi connectivity index (χ3v) is 3.75. The Morgan fingerprint density at radius 1 is 0.783 bits per heavy atom. The van der Waals surface area contributed by atoms with Crippen molar-refractivity contribution in [3.8, 4) is 0 Å². The molecular formula is C21H28N2. The van der Waals surface area contributed by atoms with Crippen LogP contribution in [-0.2, 0) is 11.8 Å². The molecule has 0 atom stereocenters. The predicted octanol–water partition coefficient (Wildman–Crippen LogP) is 6.06. The van der Waals surface area contributed by atoms with E-state index < -0.39 is 0 Å². The zero-order valence-corrected chi connectivity index (χ0v) is 15.3. The van der Waals surface area contributed by atoms with Crippen molar-refractivity contribution < 1.29 is 0 Å². The minimum absolute atomic E-state index is 0.132. The Balaban J connectivity index is 0.000000595. The molecule has 3 rings (SSSR count). The zero-order valence-electron chi connectivity index (χ0n) is 15.3. The highest BCUT2D eigenvalue weighted by Gasteiger charge is 2.18. The molecule has 1 heterocycles. The molecule has 1 aromatic heterocycles. The molecule has 0 unspecified atom stereocenters. The standard InChI is InChI=1S/C18H20N2.C3H8/c1-5-12-10-16-17(11-13(12)18(2,3)4)20-15-9-7-6-8-14(15)19-16;1-3-2/h6-11H,5H2,1-4H3;3H2,1-2H3. The van der Waals surface area contributed by atoms with E-state index in [-0.39, 0.29) is 5.41 Å². The molecule has 2 nitrogen and oxygen atoms in total. The van der Waals surface area contributed by atoms with Crippen LogP contribution in [0, 0.1) is 0 Å². The second-order valence-corrected chi connectivity index (χ2v) is 7.02. The fourth-order valence-corrected chi connectivity index (χ4v) is 2.70. The third kappa shape index (κ3) is 3.87. The largest absolute Gasteiger partial charge is 0.244 e. The molecule has 0 amide bonds. The lowest BCUT2D eigenvalue weighted by molar-refractivity contribution is 0.584. The maximum absolute atomic E-state index is 4.76. The Labute approximate surface area is 140 Å². The SMILES string of the molecule is CCC.CCc1cc2nc3ccccc3nc2cc1C(C)(C)C. The molecule has 23 heavy (non-hydrogen) atoms. The van der Waals surface area contributed by atoms with Gasteiger partial charge in [-0.05, 0) is 47.2 Å². The molecule has 0 aliphatic heterocycles. The van der Waals surface area contributed by atoms with Crippen LogP contribution in [0.15, 0.2) is 36.4 Å². The molecule has 0 spiro atoms. The van der Waals surface area contributed by atoms with Crippen molar-refractivity contribution in [1.82, 2.24) is 9.97 Å². The van der Waals surface area contributed by atoms with Crippen molar-refractivity contribution in [1.29, 1.82) is 0 Å². The van der Waals surface area contributed by atoms with Crippen LogP contribution in [0.2, 0.25) is 0 Å². The maximum atomic E-state index is 4.76. The quantitative estimate of drug-likeness (QED) is 0.511. The van der Waals surface area contributed by atoms with Crippen molar-refractivity contribution in [2.24, 2.45) is 0 Å². The van der Waals surface area contributed by atoms with Crippen LogP contribution in [0.25, 0.3) is 22.1 Å². The second kappa shape index (κ2) is 7.08. The first-order valence-corrected chi connectivity index (χ1v) is 8.60. The van der Waals surface area contributed by atoms with Gasteiger partial charge >= 0.3 is 0 Å². The lowest BCUT2D eigenvalue weighted by Gasteiger charge is -2.23.